The van der Waals surface area contributed by atoms with Crippen molar-refractivity contribution in [3.8, 4) is 5.75 Å². The van der Waals surface area contributed by atoms with Crippen LogP contribution in [0.1, 0.15) is 6.42 Å². The van der Waals surface area contributed by atoms with Crippen LogP contribution in [-0.2, 0) is 16.1 Å². The first-order valence-electron chi connectivity index (χ1n) is 9.58. The van der Waals surface area contributed by atoms with E-state index < -0.39 is 0 Å². The highest BCUT2D eigenvalue weighted by molar-refractivity contribution is 5.94. The molecule has 0 saturated heterocycles. The van der Waals surface area contributed by atoms with E-state index in [2.05, 4.69) is 0 Å². The molecule has 0 aliphatic heterocycles. The molecule has 5 nitrogen and oxygen atoms in total. The minimum atomic E-state index is -0.344. The quantitative estimate of drug-likeness (QED) is 0.271. The van der Waals surface area contributed by atoms with Gasteiger partial charge in [-0.15, -0.1) is 0 Å². The van der Waals surface area contributed by atoms with Gasteiger partial charge in [0.25, 0.3) is 0 Å². The normalized spacial score (nSPS) is 10.9. The number of para-hydroxylation sites is 3. The van der Waals surface area contributed by atoms with Crippen molar-refractivity contribution in [3.63, 3.8) is 0 Å². The number of carbonyl (C=O) groups excluding carboxylic acids is 1. The number of benzene rings is 3. The molecule has 0 spiro atoms. The molecular weight excluding hydrogens is 366 g/mol. The first kappa shape index (κ1) is 18.7. The molecule has 5 heteroatoms. The minimum absolute atomic E-state index is 0.0288. The standard InChI is InChI=1S/C24H21NO4/c26-23(29-16-8-15-28-18-9-2-1-3-10-18)17-25-21-13-6-4-11-19(21)24(27)20-12-5-7-14-22(20)25/h1-7,9-14H,8,15-17H2. The number of carbonyl (C=O) groups is 1. The second-order valence-corrected chi connectivity index (χ2v) is 6.69. The molecule has 1 heterocycles. The first-order chi connectivity index (χ1) is 14.2. The highest BCUT2D eigenvalue weighted by atomic mass is 16.5. The molecule has 0 saturated carbocycles. The number of fused-ring (bicyclic) bond motifs is 2. The van der Waals surface area contributed by atoms with Crippen molar-refractivity contribution < 1.29 is 14.3 Å². The third-order valence-electron chi connectivity index (χ3n) is 4.73. The van der Waals surface area contributed by atoms with Crippen molar-refractivity contribution >= 4 is 27.8 Å². The van der Waals surface area contributed by atoms with Gasteiger partial charge >= 0.3 is 5.97 Å². The van der Waals surface area contributed by atoms with Gasteiger partial charge < -0.3 is 14.0 Å². The molecule has 4 aromatic rings. The lowest BCUT2D eigenvalue weighted by atomic mass is 10.1. The van der Waals surface area contributed by atoms with E-state index in [9.17, 15) is 9.59 Å². The van der Waals surface area contributed by atoms with Crippen molar-refractivity contribution in [2.75, 3.05) is 13.2 Å². The number of aromatic nitrogens is 1. The Morgan fingerprint density at radius 3 is 2.00 bits per heavy atom. The van der Waals surface area contributed by atoms with Crippen LogP contribution in [-0.4, -0.2) is 23.8 Å². The Balaban J connectivity index is 1.45. The lowest BCUT2D eigenvalue weighted by Gasteiger charge is -2.14. The highest BCUT2D eigenvalue weighted by Crippen LogP contribution is 2.19. The lowest BCUT2D eigenvalue weighted by Crippen LogP contribution is -2.19. The van der Waals surface area contributed by atoms with E-state index in [0.717, 1.165) is 16.8 Å². The van der Waals surface area contributed by atoms with Crippen LogP contribution in [0, 0.1) is 0 Å². The SMILES string of the molecule is O=C(Cn1c2ccccc2c(=O)c2ccccc21)OCCCOc1ccccc1. The summed E-state index contributed by atoms with van der Waals surface area (Å²) in [6.07, 6.45) is 0.603. The predicted molar refractivity (Wildman–Crippen MR) is 113 cm³/mol. The molecule has 0 amide bonds. The summed E-state index contributed by atoms with van der Waals surface area (Å²) in [6.45, 7) is 0.795. The third kappa shape index (κ3) is 4.14. The maximum Gasteiger partial charge on any atom is 0.325 e. The molecule has 0 bridgehead atoms. The first-order valence-corrected chi connectivity index (χ1v) is 9.58. The number of hydrogen-bond donors (Lipinski definition) is 0. The van der Waals surface area contributed by atoms with E-state index in [1.807, 2.05) is 71.3 Å². The van der Waals surface area contributed by atoms with E-state index in [-0.39, 0.29) is 24.5 Å². The van der Waals surface area contributed by atoms with Crippen LogP contribution >= 0.6 is 0 Å². The van der Waals surface area contributed by atoms with E-state index >= 15 is 0 Å². The van der Waals surface area contributed by atoms with Gasteiger partial charge in [-0.2, -0.15) is 0 Å². The molecule has 0 fully saturated rings. The topological polar surface area (TPSA) is 57.5 Å². The Morgan fingerprint density at radius 2 is 1.34 bits per heavy atom. The van der Waals surface area contributed by atoms with Gasteiger partial charge in [0.1, 0.15) is 12.3 Å². The zero-order valence-electron chi connectivity index (χ0n) is 15.9. The zero-order chi connectivity index (χ0) is 20.1. The van der Waals surface area contributed by atoms with Gasteiger partial charge in [-0.05, 0) is 36.4 Å². The van der Waals surface area contributed by atoms with Gasteiger partial charge in [-0.25, -0.2) is 0 Å². The van der Waals surface area contributed by atoms with Crippen LogP contribution in [0.4, 0.5) is 0 Å². The average Bonchev–Trinajstić information content (AvgIpc) is 2.77. The molecule has 0 radical (unpaired) electrons. The van der Waals surface area contributed by atoms with Crippen LogP contribution in [0.3, 0.4) is 0 Å². The summed E-state index contributed by atoms with van der Waals surface area (Å²) in [5, 5.41) is 1.19. The summed E-state index contributed by atoms with van der Waals surface area (Å²) in [5.74, 6) is 0.452. The third-order valence-corrected chi connectivity index (χ3v) is 4.73. The van der Waals surface area contributed by atoms with Crippen molar-refractivity contribution in [2.45, 2.75) is 13.0 Å². The van der Waals surface area contributed by atoms with Gasteiger partial charge in [0.15, 0.2) is 5.43 Å². The summed E-state index contributed by atoms with van der Waals surface area (Å²) < 4.78 is 12.8. The number of rotatable bonds is 7. The molecule has 4 rings (SSSR count). The molecule has 0 aliphatic rings. The smallest absolute Gasteiger partial charge is 0.325 e. The highest BCUT2D eigenvalue weighted by Gasteiger charge is 2.13. The lowest BCUT2D eigenvalue weighted by molar-refractivity contribution is -0.144. The molecular formula is C24H21NO4. The zero-order valence-corrected chi connectivity index (χ0v) is 15.9. The number of ether oxygens (including phenoxy) is 2. The van der Waals surface area contributed by atoms with Crippen molar-refractivity contribution in [1.29, 1.82) is 0 Å². The predicted octanol–water partition coefficient (Wildman–Crippen LogP) is 4.17. The van der Waals surface area contributed by atoms with Crippen molar-refractivity contribution in [3.05, 3.63) is 89.1 Å². The van der Waals surface area contributed by atoms with E-state index in [1.54, 1.807) is 12.1 Å². The average molecular weight is 387 g/mol. The Morgan fingerprint density at radius 1 is 0.759 bits per heavy atom. The summed E-state index contributed by atoms with van der Waals surface area (Å²) in [7, 11) is 0. The van der Waals surface area contributed by atoms with Crippen LogP contribution < -0.4 is 10.2 Å². The molecule has 146 valence electrons. The van der Waals surface area contributed by atoms with Gasteiger partial charge in [0.2, 0.25) is 0 Å². The Labute approximate surface area is 168 Å². The second kappa shape index (κ2) is 8.61. The van der Waals surface area contributed by atoms with Crippen LogP contribution in [0.25, 0.3) is 21.8 Å². The van der Waals surface area contributed by atoms with E-state index in [1.165, 1.54) is 0 Å². The van der Waals surface area contributed by atoms with Gasteiger partial charge in [0, 0.05) is 17.2 Å². The van der Waals surface area contributed by atoms with Gasteiger partial charge in [-0.1, -0.05) is 42.5 Å². The van der Waals surface area contributed by atoms with Gasteiger partial charge in [-0.3, -0.25) is 9.59 Å². The van der Waals surface area contributed by atoms with Crippen LogP contribution in [0.15, 0.2) is 83.7 Å². The van der Waals surface area contributed by atoms with E-state index in [0.29, 0.717) is 23.8 Å². The molecule has 0 unspecified atom stereocenters. The fraction of sp³-hybridized carbons (Fsp3) is 0.167. The summed E-state index contributed by atoms with van der Waals surface area (Å²) in [4.78, 5) is 25.2. The fourth-order valence-corrected chi connectivity index (χ4v) is 3.37. The minimum Gasteiger partial charge on any atom is -0.493 e. The molecule has 0 atom stereocenters. The number of hydrogen-bond acceptors (Lipinski definition) is 4. The summed E-state index contributed by atoms with van der Waals surface area (Å²) in [6, 6.07) is 24.2. The molecule has 3 aromatic carbocycles. The Hall–Kier alpha value is -3.60. The van der Waals surface area contributed by atoms with Crippen LogP contribution in [0.5, 0.6) is 5.75 Å². The monoisotopic (exact) mass is 387 g/mol. The number of pyridine rings is 1. The summed E-state index contributed by atoms with van der Waals surface area (Å²) in [5.41, 5.74) is 1.42. The number of esters is 1. The number of nitrogens with zero attached hydrogens (tertiary/aromatic N) is 1. The molecule has 0 aliphatic carbocycles. The molecule has 29 heavy (non-hydrogen) atoms. The maximum absolute atomic E-state index is 12.7. The van der Waals surface area contributed by atoms with Crippen molar-refractivity contribution in [2.24, 2.45) is 0 Å². The van der Waals surface area contributed by atoms with Crippen molar-refractivity contribution in [1.82, 2.24) is 4.57 Å². The van der Waals surface area contributed by atoms with Gasteiger partial charge in [0.05, 0.1) is 24.2 Å². The fourth-order valence-electron chi connectivity index (χ4n) is 3.37. The second-order valence-electron chi connectivity index (χ2n) is 6.69. The Bertz CT molecular complexity index is 1140. The largest absolute Gasteiger partial charge is 0.493 e. The Kier molecular flexibility index (Phi) is 5.56. The molecule has 1 aromatic heterocycles. The van der Waals surface area contributed by atoms with Crippen LogP contribution in [0.2, 0.25) is 0 Å². The molecule has 0 N–H and O–H groups in total. The maximum atomic E-state index is 12.7. The van der Waals surface area contributed by atoms with E-state index in [4.69, 9.17) is 9.47 Å². The summed E-state index contributed by atoms with van der Waals surface area (Å²) >= 11 is 0.